The zero-order valence-electron chi connectivity index (χ0n) is 10.9. The summed E-state index contributed by atoms with van der Waals surface area (Å²) in [5.74, 6) is 1.65. The van der Waals surface area contributed by atoms with E-state index in [1.165, 1.54) is 0 Å². The summed E-state index contributed by atoms with van der Waals surface area (Å²) in [4.78, 5) is 16.0. The molecule has 0 amide bonds. The summed E-state index contributed by atoms with van der Waals surface area (Å²) in [5.41, 5.74) is 0.890. The Morgan fingerprint density at radius 2 is 2.22 bits per heavy atom. The van der Waals surface area contributed by atoms with Crippen molar-refractivity contribution in [3.05, 3.63) is 46.0 Å². The van der Waals surface area contributed by atoms with Crippen molar-refractivity contribution in [1.29, 1.82) is 0 Å². The molecule has 2 aromatic rings. The van der Waals surface area contributed by atoms with Crippen LogP contribution in [0.1, 0.15) is 31.1 Å². The highest BCUT2D eigenvalue weighted by molar-refractivity contribution is 5.08. The molecule has 0 aromatic carbocycles. The van der Waals surface area contributed by atoms with Crippen molar-refractivity contribution in [2.45, 2.75) is 33.7 Å². The molecule has 2 rings (SSSR count). The molecule has 5 heteroatoms. The fraction of sp³-hybridized carbons (Fsp3) is 0.462. The van der Waals surface area contributed by atoms with E-state index < -0.39 is 0 Å². The van der Waals surface area contributed by atoms with Crippen LogP contribution in [0.4, 0.5) is 0 Å². The Labute approximate surface area is 105 Å². The summed E-state index contributed by atoms with van der Waals surface area (Å²) < 4.78 is 6.69. The van der Waals surface area contributed by atoms with Crippen LogP contribution in [-0.2, 0) is 13.0 Å². The zero-order valence-corrected chi connectivity index (χ0v) is 10.9. The zero-order chi connectivity index (χ0) is 13.1. The van der Waals surface area contributed by atoms with Gasteiger partial charge in [0.25, 0.3) is 5.56 Å². The molecule has 0 spiro atoms. The molecule has 0 aliphatic carbocycles. The van der Waals surface area contributed by atoms with Gasteiger partial charge in [-0.15, -0.1) is 0 Å². The van der Waals surface area contributed by atoms with Crippen molar-refractivity contribution >= 4 is 0 Å². The van der Waals surface area contributed by atoms with Crippen LogP contribution in [0.15, 0.2) is 27.6 Å². The van der Waals surface area contributed by atoms with Crippen molar-refractivity contribution in [3.8, 4) is 0 Å². The molecule has 5 nitrogen and oxygen atoms in total. The summed E-state index contributed by atoms with van der Waals surface area (Å²) in [6.45, 7) is 6.41. The minimum absolute atomic E-state index is 0.0568. The van der Waals surface area contributed by atoms with Gasteiger partial charge in [-0.25, -0.2) is 0 Å². The van der Waals surface area contributed by atoms with Crippen LogP contribution in [0.3, 0.4) is 0 Å². The van der Waals surface area contributed by atoms with Crippen molar-refractivity contribution in [3.63, 3.8) is 0 Å². The van der Waals surface area contributed by atoms with Gasteiger partial charge in [0.2, 0.25) is 5.89 Å². The van der Waals surface area contributed by atoms with Crippen LogP contribution in [0.5, 0.6) is 0 Å². The lowest BCUT2D eigenvalue weighted by Crippen LogP contribution is -2.19. The SMILES string of the molecule is Cc1ccn(Cc2nc(CC(C)C)no2)c(=O)c1. The van der Waals surface area contributed by atoms with Gasteiger partial charge in [0.05, 0.1) is 0 Å². The quantitative estimate of drug-likeness (QED) is 0.826. The summed E-state index contributed by atoms with van der Waals surface area (Å²) in [6, 6.07) is 3.47. The molecule has 0 saturated heterocycles. The predicted molar refractivity (Wildman–Crippen MR) is 67.4 cm³/mol. The molecule has 18 heavy (non-hydrogen) atoms. The maximum absolute atomic E-state index is 11.7. The van der Waals surface area contributed by atoms with Gasteiger partial charge in [-0.2, -0.15) is 4.98 Å². The van der Waals surface area contributed by atoms with Gasteiger partial charge in [0, 0.05) is 18.7 Å². The Morgan fingerprint density at radius 1 is 1.44 bits per heavy atom. The van der Waals surface area contributed by atoms with E-state index in [0.29, 0.717) is 24.2 Å². The smallest absolute Gasteiger partial charge is 0.251 e. The number of aryl methyl sites for hydroxylation is 1. The normalized spacial score (nSPS) is 11.1. The Morgan fingerprint density at radius 3 is 2.89 bits per heavy atom. The van der Waals surface area contributed by atoms with Crippen LogP contribution in [0, 0.1) is 12.8 Å². The second kappa shape index (κ2) is 5.16. The molecule has 2 aromatic heterocycles. The fourth-order valence-corrected chi connectivity index (χ4v) is 1.69. The molecular formula is C13H17N3O2. The van der Waals surface area contributed by atoms with Crippen LogP contribution >= 0.6 is 0 Å². The lowest BCUT2D eigenvalue weighted by Gasteiger charge is -2.01. The van der Waals surface area contributed by atoms with Gasteiger partial charge in [-0.1, -0.05) is 19.0 Å². The van der Waals surface area contributed by atoms with Gasteiger partial charge in [-0.3, -0.25) is 4.79 Å². The van der Waals surface area contributed by atoms with E-state index in [0.717, 1.165) is 12.0 Å². The predicted octanol–water partition coefficient (Wildman–Crippen LogP) is 1.79. The number of hydrogen-bond acceptors (Lipinski definition) is 4. The van der Waals surface area contributed by atoms with Gasteiger partial charge >= 0.3 is 0 Å². The molecule has 0 radical (unpaired) electrons. The highest BCUT2D eigenvalue weighted by Crippen LogP contribution is 2.05. The maximum Gasteiger partial charge on any atom is 0.251 e. The summed E-state index contributed by atoms with van der Waals surface area (Å²) in [7, 11) is 0. The van der Waals surface area contributed by atoms with E-state index in [1.54, 1.807) is 16.8 Å². The molecule has 96 valence electrons. The Kier molecular flexibility index (Phi) is 3.60. The second-order valence-corrected chi connectivity index (χ2v) is 4.87. The highest BCUT2D eigenvalue weighted by Gasteiger charge is 2.09. The minimum atomic E-state index is -0.0568. The number of nitrogens with zero attached hydrogens (tertiary/aromatic N) is 3. The highest BCUT2D eigenvalue weighted by atomic mass is 16.5. The largest absolute Gasteiger partial charge is 0.337 e. The van der Waals surface area contributed by atoms with E-state index in [4.69, 9.17) is 4.52 Å². The van der Waals surface area contributed by atoms with Crippen molar-refractivity contribution in [2.24, 2.45) is 5.92 Å². The monoisotopic (exact) mass is 247 g/mol. The van der Waals surface area contributed by atoms with E-state index in [9.17, 15) is 4.79 Å². The molecule has 0 fully saturated rings. The van der Waals surface area contributed by atoms with E-state index >= 15 is 0 Å². The Hall–Kier alpha value is -1.91. The first kappa shape index (κ1) is 12.5. The molecule has 0 bridgehead atoms. The first-order valence-electron chi connectivity index (χ1n) is 6.03. The van der Waals surface area contributed by atoms with Crippen molar-refractivity contribution in [1.82, 2.24) is 14.7 Å². The third-order valence-electron chi connectivity index (χ3n) is 2.56. The second-order valence-electron chi connectivity index (χ2n) is 4.87. The standard InChI is InChI=1S/C13H17N3O2/c1-9(2)6-11-14-12(18-15-11)8-16-5-4-10(3)7-13(16)17/h4-5,7,9H,6,8H2,1-3H3. The minimum Gasteiger partial charge on any atom is -0.337 e. The third-order valence-corrected chi connectivity index (χ3v) is 2.56. The number of rotatable bonds is 4. The molecule has 0 N–H and O–H groups in total. The molecule has 0 atom stereocenters. The summed E-state index contributed by atoms with van der Waals surface area (Å²) in [5, 5.41) is 3.90. The van der Waals surface area contributed by atoms with Crippen molar-refractivity contribution in [2.75, 3.05) is 0 Å². The number of pyridine rings is 1. The first-order chi connectivity index (χ1) is 8.54. The molecular weight excluding hydrogens is 230 g/mol. The fourth-order valence-electron chi connectivity index (χ4n) is 1.69. The average Bonchev–Trinajstić information content (AvgIpc) is 2.69. The molecule has 0 saturated carbocycles. The lowest BCUT2D eigenvalue weighted by molar-refractivity contribution is 0.363. The van der Waals surface area contributed by atoms with Crippen LogP contribution < -0.4 is 5.56 Å². The third kappa shape index (κ3) is 3.06. The Bertz CT molecular complexity index is 584. The topological polar surface area (TPSA) is 60.9 Å². The molecule has 0 aliphatic heterocycles. The summed E-state index contributed by atoms with van der Waals surface area (Å²) in [6.07, 6.45) is 2.52. The van der Waals surface area contributed by atoms with E-state index in [-0.39, 0.29) is 5.56 Å². The van der Waals surface area contributed by atoms with Crippen molar-refractivity contribution < 1.29 is 4.52 Å². The van der Waals surface area contributed by atoms with E-state index in [1.807, 2.05) is 13.0 Å². The van der Waals surface area contributed by atoms with Crippen LogP contribution in [0.2, 0.25) is 0 Å². The van der Waals surface area contributed by atoms with Crippen LogP contribution in [0.25, 0.3) is 0 Å². The maximum atomic E-state index is 11.7. The average molecular weight is 247 g/mol. The van der Waals surface area contributed by atoms with Crippen LogP contribution in [-0.4, -0.2) is 14.7 Å². The number of aromatic nitrogens is 3. The number of hydrogen-bond donors (Lipinski definition) is 0. The van der Waals surface area contributed by atoms with Gasteiger partial charge in [0.1, 0.15) is 6.54 Å². The summed E-state index contributed by atoms with van der Waals surface area (Å²) >= 11 is 0. The van der Waals surface area contributed by atoms with Gasteiger partial charge in [-0.05, 0) is 24.5 Å². The lowest BCUT2D eigenvalue weighted by atomic mass is 10.1. The Balaban J connectivity index is 2.14. The first-order valence-corrected chi connectivity index (χ1v) is 6.03. The molecule has 0 aliphatic rings. The molecule has 0 unspecified atom stereocenters. The van der Waals surface area contributed by atoms with Gasteiger partial charge in [0.15, 0.2) is 5.82 Å². The van der Waals surface area contributed by atoms with E-state index in [2.05, 4.69) is 24.0 Å². The van der Waals surface area contributed by atoms with Gasteiger partial charge < -0.3 is 9.09 Å². The molecule has 2 heterocycles.